The van der Waals surface area contributed by atoms with Gasteiger partial charge in [-0.15, -0.1) is 0 Å². The van der Waals surface area contributed by atoms with Crippen molar-refractivity contribution in [2.75, 3.05) is 31.3 Å². The minimum atomic E-state index is -0.648. The van der Waals surface area contributed by atoms with Gasteiger partial charge in [0.05, 0.1) is 23.5 Å². The number of H-pyrrole nitrogens is 1. The Morgan fingerprint density at radius 3 is 2.76 bits per heavy atom. The van der Waals surface area contributed by atoms with E-state index in [4.69, 9.17) is 4.74 Å². The van der Waals surface area contributed by atoms with Crippen LogP contribution in [0.15, 0.2) is 30.6 Å². The van der Waals surface area contributed by atoms with Crippen molar-refractivity contribution in [1.29, 1.82) is 0 Å². The fourth-order valence-electron chi connectivity index (χ4n) is 3.23. The number of nitrogens with one attached hydrogen (secondary N) is 4. The van der Waals surface area contributed by atoms with Gasteiger partial charge in [0, 0.05) is 38.1 Å². The molecule has 11 nitrogen and oxygen atoms in total. The Balaban J connectivity index is 1.47. The number of rotatable bonds is 8. The molecule has 1 atom stereocenters. The molecule has 0 fully saturated rings. The van der Waals surface area contributed by atoms with Gasteiger partial charge in [0.15, 0.2) is 0 Å². The van der Waals surface area contributed by atoms with Crippen molar-refractivity contribution in [2.45, 2.75) is 52.2 Å². The van der Waals surface area contributed by atoms with E-state index in [-0.39, 0.29) is 5.91 Å². The molecular formula is C26H34N8O3. The number of likely N-dealkylation sites (N-methyl/N-ethyl adjacent to an activating group) is 1. The largest absolute Gasteiger partial charge is 0.444 e. The molecule has 0 aliphatic heterocycles. The molecule has 3 aromatic rings. The molecule has 2 heterocycles. The molecule has 37 heavy (non-hydrogen) atoms. The molecule has 196 valence electrons. The molecule has 0 saturated carbocycles. The third kappa shape index (κ3) is 7.83. The summed E-state index contributed by atoms with van der Waals surface area (Å²) in [5.41, 5.74) is 1.81. The molecule has 0 radical (unpaired) electrons. The SMILES string of the molecule is CNc1nc(Nc2ccc3cn[nH]c3c2)ncc1C#CCCCNC(=O)[C@H](C)N(C)C(=O)OC(C)(C)C. The van der Waals surface area contributed by atoms with Gasteiger partial charge in [-0.3, -0.25) is 14.8 Å². The van der Waals surface area contributed by atoms with E-state index in [1.54, 1.807) is 54.2 Å². The highest BCUT2D eigenvalue weighted by atomic mass is 16.6. The lowest BCUT2D eigenvalue weighted by Gasteiger charge is -2.28. The molecule has 4 N–H and O–H groups in total. The minimum Gasteiger partial charge on any atom is -0.444 e. The summed E-state index contributed by atoms with van der Waals surface area (Å²) in [7, 11) is 3.32. The van der Waals surface area contributed by atoms with E-state index < -0.39 is 17.7 Å². The second-order valence-corrected chi connectivity index (χ2v) is 9.47. The molecule has 0 saturated heterocycles. The third-order valence-corrected chi connectivity index (χ3v) is 5.37. The zero-order chi connectivity index (χ0) is 27.0. The summed E-state index contributed by atoms with van der Waals surface area (Å²) in [5, 5.41) is 17.1. The van der Waals surface area contributed by atoms with Crippen molar-refractivity contribution in [3.8, 4) is 11.8 Å². The van der Waals surface area contributed by atoms with Crippen LogP contribution in [0.4, 0.5) is 22.2 Å². The topological polar surface area (TPSA) is 137 Å². The average Bonchev–Trinajstić information content (AvgIpc) is 3.32. The average molecular weight is 507 g/mol. The van der Waals surface area contributed by atoms with Gasteiger partial charge in [0.1, 0.15) is 17.5 Å². The first-order valence-electron chi connectivity index (χ1n) is 12.0. The Bertz CT molecular complexity index is 1300. The summed E-state index contributed by atoms with van der Waals surface area (Å²) in [4.78, 5) is 34.7. The molecule has 2 aromatic heterocycles. The van der Waals surface area contributed by atoms with Gasteiger partial charge in [0.2, 0.25) is 11.9 Å². The first kappa shape index (κ1) is 27.3. The van der Waals surface area contributed by atoms with Gasteiger partial charge >= 0.3 is 6.09 Å². The van der Waals surface area contributed by atoms with Crippen LogP contribution in [0.5, 0.6) is 0 Å². The van der Waals surface area contributed by atoms with E-state index in [0.717, 1.165) is 16.6 Å². The molecule has 0 spiro atoms. The second kappa shape index (κ2) is 12.1. The highest BCUT2D eigenvalue weighted by molar-refractivity contribution is 5.85. The van der Waals surface area contributed by atoms with Crippen LogP contribution in [0.3, 0.4) is 0 Å². The summed E-state index contributed by atoms with van der Waals surface area (Å²) in [5.74, 6) is 6.99. The number of ether oxygens (including phenoxy) is 1. The van der Waals surface area contributed by atoms with E-state index in [9.17, 15) is 9.59 Å². The minimum absolute atomic E-state index is 0.248. The predicted octanol–water partition coefficient (Wildman–Crippen LogP) is 3.64. The number of amides is 2. The summed E-state index contributed by atoms with van der Waals surface area (Å²) in [6.07, 6.45) is 4.13. The van der Waals surface area contributed by atoms with Crippen LogP contribution in [-0.2, 0) is 9.53 Å². The van der Waals surface area contributed by atoms with Crippen LogP contribution < -0.4 is 16.0 Å². The molecule has 0 aliphatic rings. The monoisotopic (exact) mass is 506 g/mol. The normalized spacial score (nSPS) is 11.7. The standard InChI is InChI=1S/C26H34N8O3/c1-17(34(6)25(36)37-26(2,3)4)23(35)28-13-9-7-8-10-19-15-29-24(32-22(19)27-5)31-20-12-11-18-16-30-33-21(18)14-20/h11-12,14-17H,7,9,13H2,1-6H3,(H,28,35)(H,30,33)(H2,27,29,31,32)/t17-/m0/s1. The number of hydrogen-bond acceptors (Lipinski definition) is 8. The molecule has 2 amide bonds. The van der Waals surface area contributed by atoms with Crippen molar-refractivity contribution in [3.05, 3.63) is 36.2 Å². The number of carbonyl (C=O) groups is 2. The first-order chi connectivity index (χ1) is 17.6. The highest BCUT2D eigenvalue weighted by Crippen LogP contribution is 2.20. The molecule has 11 heteroatoms. The Kier molecular flexibility index (Phi) is 8.90. The Hall–Kier alpha value is -4.33. The van der Waals surface area contributed by atoms with Crippen molar-refractivity contribution >= 4 is 40.4 Å². The van der Waals surface area contributed by atoms with Crippen molar-refractivity contribution in [3.63, 3.8) is 0 Å². The highest BCUT2D eigenvalue weighted by Gasteiger charge is 2.26. The molecule has 3 rings (SSSR count). The van der Waals surface area contributed by atoms with Crippen LogP contribution in [0, 0.1) is 11.8 Å². The fourth-order valence-corrected chi connectivity index (χ4v) is 3.23. The van der Waals surface area contributed by atoms with Gasteiger partial charge < -0.3 is 20.7 Å². The maximum absolute atomic E-state index is 12.4. The molecule has 0 unspecified atom stereocenters. The number of unbranched alkanes of at least 4 members (excludes halogenated alkanes) is 1. The Labute approximate surface area is 216 Å². The van der Waals surface area contributed by atoms with E-state index in [1.165, 1.54) is 4.90 Å². The smallest absolute Gasteiger partial charge is 0.410 e. The lowest BCUT2D eigenvalue weighted by molar-refractivity contribution is -0.125. The number of aromatic nitrogens is 4. The van der Waals surface area contributed by atoms with Crippen LogP contribution in [0.2, 0.25) is 0 Å². The summed E-state index contributed by atoms with van der Waals surface area (Å²) in [6, 6.07) is 5.18. The summed E-state index contributed by atoms with van der Waals surface area (Å²) in [6.45, 7) is 7.45. The van der Waals surface area contributed by atoms with Gasteiger partial charge in [-0.1, -0.05) is 11.8 Å². The molecular weight excluding hydrogens is 472 g/mol. The maximum Gasteiger partial charge on any atom is 0.410 e. The zero-order valence-corrected chi connectivity index (χ0v) is 22.1. The van der Waals surface area contributed by atoms with Gasteiger partial charge in [0.25, 0.3) is 0 Å². The lowest BCUT2D eigenvalue weighted by Crippen LogP contribution is -2.47. The van der Waals surface area contributed by atoms with Crippen molar-refractivity contribution in [2.24, 2.45) is 0 Å². The summed E-state index contributed by atoms with van der Waals surface area (Å²) < 4.78 is 5.30. The Morgan fingerprint density at radius 1 is 1.24 bits per heavy atom. The third-order valence-electron chi connectivity index (χ3n) is 5.37. The van der Waals surface area contributed by atoms with Gasteiger partial charge in [-0.2, -0.15) is 10.1 Å². The van der Waals surface area contributed by atoms with E-state index in [2.05, 4.69) is 48.0 Å². The van der Waals surface area contributed by atoms with E-state index >= 15 is 0 Å². The predicted molar refractivity (Wildman–Crippen MR) is 144 cm³/mol. The molecule has 0 aliphatic carbocycles. The maximum atomic E-state index is 12.4. The molecule has 1 aromatic carbocycles. The number of anilines is 3. The number of benzene rings is 1. The quantitative estimate of drug-likeness (QED) is 0.268. The van der Waals surface area contributed by atoms with Gasteiger partial charge in [-0.25, -0.2) is 9.78 Å². The Morgan fingerprint density at radius 2 is 2.03 bits per heavy atom. The van der Waals surface area contributed by atoms with Crippen LogP contribution in [0.25, 0.3) is 10.9 Å². The first-order valence-corrected chi connectivity index (χ1v) is 12.0. The zero-order valence-electron chi connectivity index (χ0n) is 22.1. The number of carbonyl (C=O) groups excluding carboxylic acids is 2. The van der Waals surface area contributed by atoms with Crippen molar-refractivity contribution < 1.29 is 14.3 Å². The fraction of sp³-hybridized carbons (Fsp3) is 0.423. The number of nitrogens with zero attached hydrogens (tertiary/aromatic N) is 4. The second-order valence-electron chi connectivity index (χ2n) is 9.47. The number of hydrogen-bond donors (Lipinski definition) is 4. The van der Waals surface area contributed by atoms with Gasteiger partial charge in [-0.05, 0) is 52.3 Å². The number of aromatic amines is 1. The van der Waals surface area contributed by atoms with E-state index in [1.807, 2.05) is 18.2 Å². The van der Waals surface area contributed by atoms with Crippen molar-refractivity contribution in [1.82, 2.24) is 30.4 Å². The van der Waals surface area contributed by atoms with Crippen LogP contribution in [0.1, 0.15) is 46.1 Å². The summed E-state index contributed by atoms with van der Waals surface area (Å²) >= 11 is 0. The van der Waals surface area contributed by atoms with Crippen LogP contribution >= 0.6 is 0 Å². The van der Waals surface area contributed by atoms with Crippen LogP contribution in [-0.4, -0.2) is 69.3 Å². The molecule has 0 bridgehead atoms. The van der Waals surface area contributed by atoms with E-state index in [0.29, 0.717) is 36.7 Å². The number of fused-ring (bicyclic) bond motifs is 1. The lowest BCUT2D eigenvalue weighted by atomic mass is 10.2.